The van der Waals surface area contributed by atoms with Crippen LogP contribution >= 0.6 is 0 Å². The molecule has 5 heteroatoms. The monoisotopic (exact) mass is 216 g/mol. The molecule has 5 nitrogen and oxygen atoms in total. The fraction of sp³-hybridized carbons (Fsp3) is 0.800. The first-order valence-corrected chi connectivity index (χ1v) is 5.23. The van der Waals surface area contributed by atoms with Crippen LogP contribution in [0.1, 0.15) is 33.1 Å². The second-order valence-corrected chi connectivity index (χ2v) is 3.43. The first-order chi connectivity index (χ1) is 7.06. The number of hydrogen-bond donors (Lipinski definition) is 2. The second-order valence-electron chi connectivity index (χ2n) is 3.43. The minimum atomic E-state index is -0.296. The van der Waals surface area contributed by atoms with Crippen LogP contribution in [0.5, 0.6) is 0 Å². The van der Waals surface area contributed by atoms with Gasteiger partial charge in [0.2, 0.25) is 5.91 Å². The molecular weight excluding hydrogens is 196 g/mol. The first kappa shape index (κ1) is 13.9. The molecule has 0 radical (unpaired) electrons. The van der Waals surface area contributed by atoms with Gasteiger partial charge in [0.05, 0.1) is 13.0 Å². The fourth-order valence-corrected chi connectivity index (χ4v) is 1.15. The largest absolute Gasteiger partial charge is 0.466 e. The highest BCUT2D eigenvalue weighted by atomic mass is 16.5. The average Bonchev–Trinajstić information content (AvgIpc) is 2.12. The summed E-state index contributed by atoms with van der Waals surface area (Å²) in [6.07, 6.45) is 1.42. The molecule has 0 aromatic carbocycles. The van der Waals surface area contributed by atoms with Gasteiger partial charge in [0.15, 0.2) is 0 Å². The van der Waals surface area contributed by atoms with Gasteiger partial charge >= 0.3 is 5.97 Å². The summed E-state index contributed by atoms with van der Waals surface area (Å²) in [6, 6.07) is 0.0666. The Morgan fingerprint density at radius 3 is 2.67 bits per heavy atom. The second kappa shape index (κ2) is 8.23. The molecule has 0 fully saturated rings. The van der Waals surface area contributed by atoms with Gasteiger partial charge in [-0.2, -0.15) is 0 Å². The fourth-order valence-electron chi connectivity index (χ4n) is 1.15. The van der Waals surface area contributed by atoms with Crippen molar-refractivity contribution in [3.8, 4) is 0 Å². The molecule has 0 aromatic rings. The number of nitrogens with two attached hydrogens (primary N) is 1. The molecule has 3 N–H and O–H groups in total. The van der Waals surface area contributed by atoms with Crippen LogP contribution in [0.15, 0.2) is 0 Å². The Balaban J connectivity index is 3.44. The van der Waals surface area contributed by atoms with Gasteiger partial charge in [-0.3, -0.25) is 9.59 Å². The maximum absolute atomic E-state index is 11.1. The lowest BCUT2D eigenvalue weighted by Gasteiger charge is -2.12. The number of esters is 1. The van der Waals surface area contributed by atoms with Crippen LogP contribution in [0.4, 0.5) is 0 Å². The quantitative estimate of drug-likeness (QED) is 0.448. The number of amides is 1. The Bertz CT molecular complexity index is 207. The Hall–Kier alpha value is -1.10. The molecule has 1 amide bonds. The summed E-state index contributed by atoms with van der Waals surface area (Å²) in [5.41, 5.74) is 4.99. The van der Waals surface area contributed by atoms with E-state index in [4.69, 9.17) is 10.5 Å². The third-order valence-electron chi connectivity index (χ3n) is 1.87. The molecular formula is C10H20N2O3. The highest BCUT2D eigenvalue weighted by molar-refractivity contribution is 5.73. The van der Waals surface area contributed by atoms with Crippen LogP contribution in [-0.4, -0.2) is 31.1 Å². The number of primary amides is 1. The molecule has 88 valence electrons. The Labute approximate surface area is 90.4 Å². The topological polar surface area (TPSA) is 81.4 Å². The Morgan fingerprint density at radius 2 is 2.13 bits per heavy atom. The lowest BCUT2D eigenvalue weighted by Crippen LogP contribution is -2.30. The predicted molar refractivity (Wildman–Crippen MR) is 57.1 cm³/mol. The molecule has 0 rings (SSSR count). The zero-order valence-electron chi connectivity index (χ0n) is 9.41. The van der Waals surface area contributed by atoms with E-state index < -0.39 is 0 Å². The smallest absolute Gasteiger partial charge is 0.307 e. The third-order valence-corrected chi connectivity index (χ3v) is 1.87. The highest BCUT2D eigenvalue weighted by Crippen LogP contribution is 1.95. The van der Waals surface area contributed by atoms with Gasteiger partial charge in [-0.15, -0.1) is 0 Å². The van der Waals surface area contributed by atoms with Gasteiger partial charge in [-0.25, -0.2) is 0 Å². The summed E-state index contributed by atoms with van der Waals surface area (Å²) >= 11 is 0. The van der Waals surface area contributed by atoms with Crippen LogP contribution in [-0.2, 0) is 14.3 Å². The number of carbonyl (C=O) groups excluding carboxylic acids is 2. The van der Waals surface area contributed by atoms with Gasteiger partial charge in [-0.05, 0) is 26.8 Å². The molecule has 0 saturated heterocycles. The van der Waals surface area contributed by atoms with Gasteiger partial charge in [-0.1, -0.05) is 0 Å². The maximum atomic E-state index is 11.1. The average molecular weight is 216 g/mol. The van der Waals surface area contributed by atoms with Crippen molar-refractivity contribution in [2.45, 2.75) is 39.2 Å². The van der Waals surface area contributed by atoms with Crippen LogP contribution in [0, 0.1) is 0 Å². The number of nitrogens with one attached hydrogen (secondary N) is 1. The van der Waals surface area contributed by atoms with Crippen molar-refractivity contribution in [2.24, 2.45) is 5.73 Å². The van der Waals surface area contributed by atoms with Crippen molar-refractivity contribution in [1.29, 1.82) is 0 Å². The number of carbonyl (C=O) groups is 2. The van der Waals surface area contributed by atoms with E-state index in [0.717, 1.165) is 0 Å². The summed E-state index contributed by atoms with van der Waals surface area (Å²) in [5, 5.41) is 3.12. The summed E-state index contributed by atoms with van der Waals surface area (Å²) < 4.78 is 4.80. The third kappa shape index (κ3) is 9.21. The number of rotatable bonds is 8. The molecule has 0 bridgehead atoms. The zero-order valence-corrected chi connectivity index (χ0v) is 9.41. The summed E-state index contributed by atoms with van der Waals surface area (Å²) in [6.45, 7) is 4.78. The van der Waals surface area contributed by atoms with E-state index in [0.29, 0.717) is 32.4 Å². The summed E-state index contributed by atoms with van der Waals surface area (Å²) in [7, 11) is 0. The number of hydrogen-bond acceptors (Lipinski definition) is 4. The minimum absolute atomic E-state index is 0.0666. The molecule has 0 spiro atoms. The lowest BCUT2D eigenvalue weighted by molar-refractivity contribution is -0.143. The zero-order chi connectivity index (χ0) is 11.7. The predicted octanol–water partition coefficient (Wildman–Crippen LogP) is 0.183. The van der Waals surface area contributed by atoms with Crippen LogP contribution in [0.3, 0.4) is 0 Å². The highest BCUT2D eigenvalue weighted by Gasteiger charge is 2.08. The molecule has 15 heavy (non-hydrogen) atoms. The van der Waals surface area contributed by atoms with E-state index in [1.54, 1.807) is 6.92 Å². The Morgan fingerprint density at radius 1 is 1.47 bits per heavy atom. The lowest BCUT2D eigenvalue weighted by atomic mass is 10.2. The Kier molecular flexibility index (Phi) is 7.62. The molecule has 1 atom stereocenters. The van der Waals surface area contributed by atoms with E-state index in [9.17, 15) is 9.59 Å². The van der Waals surface area contributed by atoms with E-state index in [1.165, 1.54) is 0 Å². The van der Waals surface area contributed by atoms with E-state index in [-0.39, 0.29) is 17.9 Å². The normalized spacial score (nSPS) is 12.1. The van der Waals surface area contributed by atoms with Gasteiger partial charge in [0.1, 0.15) is 0 Å². The summed E-state index contributed by atoms with van der Waals surface area (Å²) in [5.74, 6) is -0.498. The first-order valence-electron chi connectivity index (χ1n) is 5.23. The van der Waals surface area contributed by atoms with Crippen molar-refractivity contribution >= 4 is 11.9 Å². The van der Waals surface area contributed by atoms with Crippen molar-refractivity contribution in [3.63, 3.8) is 0 Å². The standard InChI is InChI=1S/C10H20N2O3/c1-3-15-10(14)7-8(2)12-6-4-5-9(11)13/h8,12H,3-7H2,1-2H3,(H2,11,13). The molecule has 0 heterocycles. The number of ether oxygens (including phenoxy) is 1. The van der Waals surface area contributed by atoms with Crippen molar-refractivity contribution < 1.29 is 14.3 Å². The van der Waals surface area contributed by atoms with Gasteiger partial charge in [0, 0.05) is 12.5 Å². The van der Waals surface area contributed by atoms with Crippen molar-refractivity contribution in [3.05, 3.63) is 0 Å². The van der Waals surface area contributed by atoms with Crippen molar-refractivity contribution in [1.82, 2.24) is 5.32 Å². The van der Waals surface area contributed by atoms with Crippen molar-refractivity contribution in [2.75, 3.05) is 13.2 Å². The van der Waals surface area contributed by atoms with Gasteiger partial charge in [0.25, 0.3) is 0 Å². The van der Waals surface area contributed by atoms with E-state index in [1.807, 2.05) is 6.92 Å². The van der Waals surface area contributed by atoms with Gasteiger partial charge < -0.3 is 15.8 Å². The maximum Gasteiger partial charge on any atom is 0.307 e. The molecule has 0 saturated carbocycles. The minimum Gasteiger partial charge on any atom is -0.466 e. The molecule has 0 aliphatic heterocycles. The van der Waals surface area contributed by atoms with Crippen LogP contribution in [0.25, 0.3) is 0 Å². The van der Waals surface area contributed by atoms with Crippen LogP contribution in [0.2, 0.25) is 0 Å². The molecule has 0 aromatic heterocycles. The molecule has 1 unspecified atom stereocenters. The van der Waals surface area contributed by atoms with E-state index in [2.05, 4.69) is 5.32 Å². The summed E-state index contributed by atoms with van der Waals surface area (Å²) in [4.78, 5) is 21.5. The van der Waals surface area contributed by atoms with E-state index >= 15 is 0 Å². The SMILES string of the molecule is CCOC(=O)CC(C)NCCCC(N)=O. The van der Waals surface area contributed by atoms with Crippen LogP contribution < -0.4 is 11.1 Å². The molecule has 0 aliphatic carbocycles. The molecule has 0 aliphatic rings.